The van der Waals surface area contributed by atoms with Gasteiger partial charge in [-0.25, -0.2) is 15.4 Å². The maximum Gasteiger partial charge on any atom is 0.418 e. The first-order chi connectivity index (χ1) is 5.54. The predicted molar refractivity (Wildman–Crippen MR) is 41.4 cm³/mol. The third-order valence-electron chi connectivity index (χ3n) is 0.421. The second kappa shape index (κ2) is 9.04. The van der Waals surface area contributed by atoms with E-state index in [0.717, 1.165) is 0 Å². The van der Waals surface area contributed by atoms with Crippen LogP contribution in [0, 0.1) is 0 Å². The quantitative estimate of drug-likeness (QED) is 0.171. The second-order valence-electron chi connectivity index (χ2n) is 1.29. The number of hydrazine groups is 2. The van der Waals surface area contributed by atoms with Crippen LogP contribution in [0.25, 0.3) is 0 Å². The lowest BCUT2D eigenvalue weighted by atomic mass is 11.0. The molecule has 0 aliphatic rings. The van der Waals surface area contributed by atoms with Gasteiger partial charge in [-0.2, -0.15) is 0 Å². The number of carbonyl (C=O) groups is 2. The molecule has 0 saturated heterocycles. The van der Waals surface area contributed by atoms with E-state index in [2.05, 4.69) is 29.0 Å². The number of primary amides is 1. The van der Waals surface area contributed by atoms with Gasteiger partial charge in [0, 0.05) is 6.20 Å². The van der Waals surface area contributed by atoms with E-state index in [1.807, 2.05) is 0 Å². The average Bonchev–Trinajstić information content (AvgIpc) is 2.02. The molecule has 0 spiro atoms. The molecular formula is C4H11N5O3. The van der Waals surface area contributed by atoms with Crippen molar-refractivity contribution in [2.24, 2.45) is 11.6 Å². The van der Waals surface area contributed by atoms with E-state index in [1.54, 1.807) is 0 Å². The van der Waals surface area contributed by atoms with E-state index in [9.17, 15) is 4.79 Å². The van der Waals surface area contributed by atoms with Gasteiger partial charge in [0.05, 0.1) is 0 Å². The molecule has 0 saturated carbocycles. The Balaban J connectivity index is 0. The number of nitrogens with two attached hydrogens (primary N) is 2. The number of urea groups is 1. The molecule has 0 fully saturated rings. The molecule has 8 nitrogen and oxygen atoms in total. The predicted octanol–water partition coefficient (Wildman–Crippen LogP) is -1.57. The van der Waals surface area contributed by atoms with Crippen LogP contribution >= 0.6 is 0 Å². The zero-order chi connectivity index (χ0) is 9.98. The van der Waals surface area contributed by atoms with Crippen LogP contribution in [0.2, 0.25) is 0 Å². The summed E-state index contributed by atoms with van der Waals surface area (Å²) in [5.41, 5.74) is 10.4. The van der Waals surface area contributed by atoms with Crippen LogP contribution in [0.3, 0.4) is 0 Å². The van der Waals surface area contributed by atoms with Gasteiger partial charge in [-0.05, 0) is 0 Å². The van der Waals surface area contributed by atoms with E-state index in [4.69, 9.17) is 9.90 Å². The van der Waals surface area contributed by atoms with Gasteiger partial charge in [0.2, 0.25) is 0 Å². The summed E-state index contributed by atoms with van der Waals surface area (Å²) in [5.74, 6) is 4.32. The average molecular weight is 177 g/mol. The lowest BCUT2D eigenvalue weighted by Crippen LogP contribution is -2.37. The summed E-state index contributed by atoms with van der Waals surface area (Å²) < 4.78 is 0. The monoisotopic (exact) mass is 177 g/mol. The molecule has 0 bridgehead atoms. The number of nitrogens with one attached hydrogen (secondary N) is 3. The highest BCUT2D eigenvalue weighted by Gasteiger charge is 1.79. The van der Waals surface area contributed by atoms with Gasteiger partial charge in [0.1, 0.15) is 0 Å². The minimum absolute atomic E-state index is 0.625. The lowest BCUT2D eigenvalue weighted by Gasteiger charge is -1.94. The summed E-state index contributed by atoms with van der Waals surface area (Å²) in [5, 5.41) is 7.49. The Morgan fingerprint density at radius 1 is 1.50 bits per heavy atom. The fourth-order valence-corrected chi connectivity index (χ4v) is 0.122. The highest BCUT2D eigenvalue weighted by molar-refractivity contribution is 5.70. The van der Waals surface area contributed by atoms with Crippen LogP contribution in [0.1, 0.15) is 0 Å². The summed E-state index contributed by atoms with van der Waals surface area (Å²) in [7, 11) is 0. The van der Waals surface area contributed by atoms with Crippen LogP contribution in [0.15, 0.2) is 12.8 Å². The van der Waals surface area contributed by atoms with Crippen LogP contribution in [-0.2, 0) is 0 Å². The number of hydrogen-bond donors (Lipinski definition) is 6. The molecule has 8 N–H and O–H groups in total. The van der Waals surface area contributed by atoms with Crippen molar-refractivity contribution in [2.75, 3.05) is 0 Å². The van der Waals surface area contributed by atoms with E-state index >= 15 is 0 Å². The van der Waals surface area contributed by atoms with E-state index in [0.29, 0.717) is 0 Å². The number of hydrogen-bond acceptors (Lipinski definition) is 4. The van der Waals surface area contributed by atoms with Crippen LogP contribution < -0.4 is 27.9 Å². The molecule has 0 unspecified atom stereocenters. The fraction of sp³-hybridized carbons (Fsp3) is 0. The topological polar surface area (TPSA) is 142 Å². The molecule has 0 radical (unpaired) electrons. The summed E-state index contributed by atoms with van der Waals surface area (Å²) >= 11 is 0. The standard InChI is InChI=1S/C3H7N3O.CH4N2O2/c1-2-5-6-3(4)7;2-3-1(4)5/h2,5H,1H2,(H3,4,6,7);3H,2H2,(H,4,5). The van der Waals surface area contributed by atoms with Gasteiger partial charge in [-0.1, -0.05) is 6.58 Å². The maximum atomic E-state index is 9.76. The summed E-state index contributed by atoms with van der Waals surface area (Å²) in [6, 6.07) is -0.625. The zero-order valence-corrected chi connectivity index (χ0v) is 6.20. The van der Waals surface area contributed by atoms with Crippen molar-refractivity contribution < 1.29 is 14.7 Å². The number of amides is 3. The van der Waals surface area contributed by atoms with Gasteiger partial charge < -0.3 is 16.3 Å². The molecule has 70 valence electrons. The number of carboxylic acid groups (broad SMARTS) is 1. The third-order valence-corrected chi connectivity index (χ3v) is 0.421. The Morgan fingerprint density at radius 3 is 2.00 bits per heavy atom. The Kier molecular flexibility index (Phi) is 9.56. The third kappa shape index (κ3) is 24.4. The molecule has 0 aromatic rings. The van der Waals surface area contributed by atoms with E-state index < -0.39 is 12.1 Å². The van der Waals surface area contributed by atoms with Crippen LogP contribution in [0.5, 0.6) is 0 Å². The minimum Gasteiger partial charge on any atom is -0.464 e. The molecule has 0 aliphatic heterocycles. The molecule has 0 aliphatic carbocycles. The molecule has 0 aromatic heterocycles. The Labute approximate surface area is 68.5 Å². The van der Waals surface area contributed by atoms with Crippen molar-refractivity contribution in [1.82, 2.24) is 16.3 Å². The van der Waals surface area contributed by atoms with Crippen LogP contribution in [0.4, 0.5) is 9.59 Å². The van der Waals surface area contributed by atoms with Crippen molar-refractivity contribution in [1.29, 1.82) is 0 Å². The SMILES string of the molecule is C=CNNC(N)=O.NNC(=O)O. The maximum absolute atomic E-state index is 9.76. The molecular weight excluding hydrogens is 166 g/mol. The molecule has 0 aromatic carbocycles. The second-order valence-corrected chi connectivity index (χ2v) is 1.29. The van der Waals surface area contributed by atoms with Gasteiger partial charge in [0.25, 0.3) is 0 Å². The molecule has 0 rings (SSSR count). The van der Waals surface area contributed by atoms with Crippen molar-refractivity contribution in [3.63, 3.8) is 0 Å². The fourth-order valence-electron chi connectivity index (χ4n) is 0.122. The minimum atomic E-state index is -1.22. The van der Waals surface area contributed by atoms with Gasteiger partial charge in [0.15, 0.2) is 0 Å². The van der Waals surface area contributed by atoms with Crippen molar-refractivity contribution >= 4 is 12.1 Å². The Bertz CT molecular complexity index is 159. The van der Waals surface area contributed by atoms with Gasteiger partial charge >= 0.3 is 12.1 Å². The van der Waals surface area contributed by atoms with Crippen LogP contribution in [-0.4, -0.2) is 17.2 Å². The molecule has 8 heteroatoms. The first-order valence-electron chi connectivity index (χ1n) is 2.66. The van der Waals surface area contributed by atoms with E-state index in [1.165, 1.54) is 11.6 Å². The highest BCUT2D eigenvalue weighted by Crippen LogP contribution is 1.46. The summed E-state index contributed by atoms with van der Waals surface area (Å²) in [6.45, 7) is 3.25. The number of rotatable bonds is 2. The Morgan fingerprint density at radius 2 is 1.92 bits per heavy atom. The summed E-state index contributed by atoms with van der Waals surface area (Å²) in [4.78, 5) is 18.9. The molecule has 0 heterocycles. The first-order valence-corrected chi connectivity index (χ1v) is 2.66. The van der Waals surface area contributed by atoms with Gasteiger partial charge in [-0.15, -0.1) is 0 Å². The van der Waals surface area contributed by atoms with E-state index in [-0.39, 0.29) is 0 Å². The molecule has 12 heavy (non-hydrogen) atoms. The van der Waals surface area contributed by atoms with Crippen molar-refractivity contribution in [2.45, 2.75) is 0 Å². The zero-order valence-electron chi connectivity index (χ0n) is 6.20. The number of carbonyl (C=O) groups excluding carboxylic acids is 1. The Hall–Kier alpha value is -1.96. The normalized spacial score (nSPS) is 6.75. The van der Waals surface area contributed by atoms with Crippen molar-refractivity contribution in [3.05, 3.63) is 12.8 Å². The lowest BCUT2D eigenvalue weighted by molar-refractivity contribution is 0.194. The largest absolute Gasteiger partial charge is 0.464 e. The smallest absolute Gasteiger partial charge is 0.418 e. The highest BCUT2D eigenvalue weighted by atomic mass is 16.4. The molecule has 3 amide bonds. The summed E-state index contributed by atoms with van der Waals surface area (Å²) in [6.07, 6.45) is 0.0927. The molecule has 0 atom stereocenters. The van der Waals surface area contributed by atoms with Gasteiger partial charge in [-0.3, -0.25) is 10.9 Å². The van der Waals surface area contributed by atoms with Crippen molar-refractivity contribution in [3.8, 4) is 0 Å². The first kappa shape index (κ1) is 12.7.